The molecule has 3 rings (SSSR count). The zero-order valence-electron chi connectivity index (χ0n) is 11.8. The Morgan fingerprint density at radius 2 is 1.70 bits per heavy atom. The van der Waals surface area contributed by atoms with E-state index >= 15 is 0 Å². The molecule has 0 unspecified atom stereocenters. The lowest BCUT2D eigenvalue weighted by Crippen LogP contribution is -1.96. The number of carboxylic acid groups (broad SMARTS) is 1. The van der Waals surface area contributed by atoms with Crippen LogP contribution < -0.4 is 4.74 Å². The Bertz CT molecular complexity index is 833. The molecule has 3 aromatic rings. The van der Waals surface area contributed by atoms with Crippen LogP contribution in [-0.4, -0.2) is 21.0 Å². The Kier molecular flexibility index (Phi) is 4.21. The molecule has 0 spiro atoms. The molecule has 0 amide bonds. The molecule has 0 saturated heterocycles. The van der Waals surface area contributed by atoms with Gasteiger partial charge in [-0.25, -0.2) is 14.8 Å². The minimum atomic E-state index is -0.983. The van der Waals surface area contributed by atoms with Gasteiger partial charge in [0.05, 0.1) is 11.3 Å². The molecule has 0 aliphatic carbocycles. The third-order valence-corrected chi connectivity index (χ3v) is 3.36. The highest BCUT2D eigenvalue weighted by Crippen LogP contribution is 2.25. The first-order chi connectivity index (χ1) is 11.1. The summed E-state index contributed by atoms with van der Waals surface area (Å²) in [6.07, 6.45) is 1.41. The minimum Gasteiger partial charge on any atom is -0.478 e. The lowest BCUT2D eigenvalue weighted by Gasteiger charge is -2.06. The van der Waals surface area contributed by atoms with Gasteiger partial charge in [0.15, 0.2) is 0 Å². The summed E-state index contributed by atoms with van der Waals surface area (Å²) < 4.78 is 5.63. The molecule has 0 aliphatic rings. The molecule has 0 saturated carbocycles. The zero-order chi connectivity index (χ0) is 16.2. The minimum absolute atomic E-state index is 0.196. The van der Waals surface area contributed by atoms with Gasteiger partial charge in [-0.15, -0.1) is 0 Å². The van der Waals surface area contributed by atoms with Crippen molar-refractivity contribution in [3.63, 3.8) is 0 Å². The van der Waals surface area contributed by atoms with Gasteiger partial charge in [0.2, 0.25) is 5.88 Å². The Balaban J connectivity index is 1.82. The predicted octanol–water partition coefficient (Wildman–Crippen LogP) is 4.29. The number of rotatable bonds is 4. The molecule has 0 aliphatic heterocycles. The fraction of sp³-hybridized carbons (Fsp3) is 0. The fourth-order valence-corrected chi connectivity index (χ4v) is 2.09. The Labute approximate surface area is 137 Å². The number of hydrogen-bond donors (Lipinski definition) is 1. The standard InChI is InChI=1S/C17H11ClN2O3/c18-13-5-1-11(2-6-13)15-9-16(20-10-19-15)23-14-7-3-12(4-8-14)17(21)22/h1-10H,(H,21,22). The second kappa shape index (κ2) is 6.46. The molecule has 23 heavy (non-hydrogen) atoms. The molecule has 2 aromatic carbocycles. The first kappa shape index (κ1) is 15.0. The Morgan fingerprint density at radius 1 is 1.00 bits per heavy atom. The largest absolute Gasteiger partial charge is 0.478 e. The van der Waals surface area contributed by atoms with Crippen LogP contribution in [0.1, 0.15) is 10.4 Å². The zero-order valence-corrected chi connectivity index (χ0v) is 12.6. The quantitative estimate of drug-likeness (QED) is 0.774. The van der Waals surface area contributed by atoms with Gasteiger partial charge in [-0.1, -0.05) is 23.7 Å². The van der Waals surface area contributed by atoms with Crippen LogP contribution in [0.4, 0.5) is 0 Å². The summed E-state index contributed by atoms with van der Waals surface area (Å²) in [6.45, 7) is 0. The summed E-state index contributed by atoms with van der Waals surface area (Å²) >= 11 is 5.87. The van der Waals surface area contributed by atoms with Crippen molar-refractivity contribution in [2.24, 2.45) is 0 Å². The number of aromatic nitrogens is 2. The number of carboxylic acids is 1. The number of aromatic carboxylic acids is 1. The summed E-state index contributed by atoms with van der Waals surface area (Å²) in [5, 5.41) is 9.53. The third kappa shape index (κ3) is 3.64. The van der Waals surface area contributed by atoms with Crippen LogP contribution in [0.3, 0.4) is 0 Å². The number of nitrogens with zero attached hydrogens (tertiary/aromatic N) is 2. The summed E-state index contributed by atoms with van der Waals surface area (Å²) in [4.78, 5) is 19.1. The number of halogens is 1. The normalized spacial score (nSPS) is 10.3. The highest BCUT2D eigenvalue weighted by Gasteiger charge is 2.06. The van der Waals surface area contributed by atoms with Crippen LogP contribution in [0, 0.1) is 0 Å². The van der Waals surface area contributed by atoms with E-state index in [0.717, 1.165) is 5.56 Å². The van der Waals surface area contributed by atoms with Gasteiger partial charge in [0.1, 0.15) is 12.1 Å². The molecule has 1 N–H and O–H groups in total. The maximum absolute atomic E-state index is 10.8. The SMILES string of the molecule is O=C(O)c1ccc(Oc2cc(-c3ccc(Cl)cc3)ncn2)cc1. The van der Waals surface area contributed by atoms with Gasteiger partial charge in [-0.05, 0) is 36.4 Å². The maximum Gasteiger partial charge on any atom is 0.335 e. The summed E-state index contributed by atoms with van der Waals surface area (Å²) in [6, 6.07) is 15.1. The summed E-state index contributed by atoms with van der Waals surface area (Å²) in [5.74, 6) is -0.118. The van der Waals surface area contributed by atoms with Gasteiger partial charge in [0.25, 0.3) is 0 Å². The van der Waals surface area contributed by atoms with Crippen molar-refractivity contribution in [1.82, 2.24) is 9.97 Å². The van der Waals surface area contributed by atoms with E-state index in [1.807, 2.05) is 12.1 Å². The van der Waals surface area contributed by atoms with Gasteiger partial charge < -0.3 is 9.84 Å². The molecule has 114 valence electrons. The van der Waals surface area contributed by atoms with Crippen LogP contribution in [0.5, 0.6) is 11.6 Å². The van der Waals surface area contributed by atoms with E-state index in [1.165, 1.54) is 18.5 Å². The number of carbonyl (C=O) groups is 1. The van der Waals surface area contributed by atoms with Gasteiger partial charge in [0, 0.05) is 16.7 Å². The highest BCUT2D eigenvalue weighted by molar-refractivity contribution is 6.30. The number of hydrogen-bond acceptors (Lipinski definition) is 4. The molecule has 0 radical (unpaired) electrons. The monoisotopic (exact) mass is 326 g/mol. The van der Waals surface area contributed by atoms with Crippen LogP contribution in [0.25, 0.3) is 11.3 Å². The van der Waals surface area contributed by atoms with Crippen molar-refractivity contribution < 1.29 is 14.6 Å². The van der Waals surface area contributed by atoms with E-state index in [0.29, 0.717) is 22.3 Å². The lowest BCUT2D eigenvalue weighted by atomic mass is 10.1. The van der Waals surface area contributed by atoms with E-state index in [-0.39, 0.29) is 5.56 Å². The first-order valence-corrected chi connectivity index (χ1v) is 7.09. The predicted molar refractivity (Wildman–Crippen MR) is 86.0 cm³/mol. The third-order valence-electron chi connectivity index (χ3n) is 3.11. The average Bonchev–Trinajstić information content (AvgIpc) is 2.56. The molecular weight excluding hydrogens is 316 g/mol. The van der Waals surface area contributed by atoms with E-state index in [4.69, 9.17) is 21.4 Å². The fourth-order valence-electron chi connectivity index (χ4n) is 1.96. The van der Waals surface area contributed by atoms with Crippen LogP contribution in [0.2, 0.25) is 5.02 Å². The van der Waals surface area contributed by atoms with E-state index in [2.05, 4.69) is 9.97 Å². The average molecular weight is 327 g/mol. The number of ether oxygens (including phenoxy) is 1. The molecule has 1 heterocycles. The molecule has 6 heteroatoms. The molecule has 1 aromatic heterocycles. The van der Waals surface area contributed by atoms with Crippen molar-refractivity contribution in [3.8, 4) is 22.9 Å². The van der Waals surface area contributed by atoms with Gasteiger partial charge in [-0.3, -0.25) is 0 Å². The van der Waals surface area contributed by atoms with Crippen molar-refractivity contribution in [2.45, 2.75) is 0 Å². The lowest BCUT2D eigenvalue weighted by molar-refractivity contribution is 0.0697. The molecule has 0 fully saturated rings. The molecule has 5 nitrogen and oxygen atoms in total. The van der Waals surface area contributed by atoms with Crippen molar-refractivity contribution >= 4 is 17.6 Å². The van der Waals surface area contributed by atoms with Crippen molar-refractivity contribution in [2.75, 3.05) is 0 Å². The Morgan fingerprint density at radius 3 is 2.35 bits per heavy atom. The van der Waals surface area contributed by atoms with Gasteiger partial charge >= 0.3 is 5.97 Å². The maximum atomic E-state index is 10.8. The van der Waals surface area contributed by atoms with Crippen LogP contribution >= 0.6 is 11.6 Å². The Hall–Kier alpha value is -2.92. The van der Waals surface area contributed by atoms with Crippen molar-refractivity contribution in [3.05, 3.63) is 71.5 Å². The van der Waals surface area contributed by atoms with Crippen molar-refractivity contribution in [1.29, 1.82) is 0 Å². The van der Waals surface area contributed by atoms with E-state index in [9.17, 15) is 4.79 Å². The van der Waals surface area contributed by atoms with Crippen LogP contribution in [0.15, 0.2) is 60.9 Å². The molecule has 0 bridgehead atoms. The topological polar surface area (TPSA) is 72.3 Å². The summed E-state index contributed by atoms with van der Waals surface area (Å²) in [5.41, 5.74) is 1.79. The molecular formula is C17H11ClN2O3. The van der Waals surface area contributed by atoms with E-state index in [1.54, 1.807) is 30.3 Å². The highest BCUT2D eigenvalue weighted by atomic mass is 35.5. The molecule has 0 atom stereocenters. The van der Waals surface area contributed by atoms with Gasteiger partial charge in [-0.2, -0.15) is 0 Å². The number of benzene rings is 2. The van der Waals surface area contributed by atoms with Crippen LogP contribution in [-0.2, 0) is 0 Å². The summed E-state index contributed by atoms with van der Waals surface area (Å²) in [7, 11) is 0. The second-order valence-corrected chi connectivity index (χ2v) is 5.12. The smallest absolute Gasteiger partial charge is 0.335 e. The first-order valence-electron chi connectivity index (χ1n) is 6.71. The second-order valence-electron chi connectivity index (χ2n) is 4.68. The van der Waals surface area contributed by atoms with E-state index < -0.39 is 5.97 Å².